The fraction of sp³-hybridized carbons (Fsp3) is 0. The van der Waals surface area contributed by atoms with E-state index in [2.05, 4.69) is 15.9 Å². The molecule has 1 heterocycles. The fourth-order valence-electron chi connectivity index (χ4n) is 1.26. The van der Waals surface area contributed by atoms with Gasteiger partial charge in [-0.15, -0.1) is 0 Å². The van der Waals surface area contributed by atoms with Crippen molar-refractivity contribution >= 4 is 51.1 Å². The van der Waals surface area contributed by atoms with Crippen LogP contribution in [0.1, 0.15) is 0 Å². The van der Waals surface area contributed by atoms with Crippen LogP contribution in [-0.4, -0.2) is 17.8 Å². The van der Waals surface area contributed by atoms with E-state index in [1.165, 1.54) is 18.2 Å². The third kappa shape index (κ3) is 1.70. The van der Waals surface area contributed by atoms with Gasteiger partial charge < -0.3 is 0 Å². The number of amides is 4. The van der Waals surface area contributed by atoms with Gasteiger partial charge in [-0.3, -0.25) is 14.9 Å². The molecular weight excluding hydrogens is 299 g/mol. The molecule has 0 atom stereocenters. The van der Waals surface area contributed by atoms with Crippen LogP contribution in [0.25, 0.3) is 0 Å². The van der Waals surface area contributed by atoms with Crippen LogP contribution in [-0.2, 0) is 9.59 Å². The Balaban J connectivity index is 2.45. The van der Waals surface area contributed by atoms with Crippen LogP contribution >= 0.6 is 27.5 Å². The molecule has 16 heavy (non-hydrogen) atoms. The lowest BCUT2D eigenvalue weighted by Gasteiger charge is -2.11. The predicted molar refractivity (Wildman–Crippen MR) is 60.2 cm³/mol. The highest BCUT2D eigenvalue weighted by molar-refractivity contribution is 9.10. The number of nitrogens with zero attached hydrogens (tertiary/aromatic N) is 1. The van der Waals surface area contributed by atoms with E-state index in [1.54, 1.807) is 0 Å². The maximum Gasteiger partial charge on any atom is 0.336 e. The molecular formula is C9H4BrClN2O3. The summed E-state index contributed by atoms with van der Waals surface area (Å²) in [4.78, 5) is 34.4. The average Bonchev–Trinajstić information content (AvgIpc) is 2.47. The SMILES string of the molecule is O=C1NC(=O)N(c2ccc(Cl)c(Br)c2)C1=O. The second-order valence-electron chi connectivity index (χ2n) is 3.00. The minimum atomic E-state index is -0.934. The third-order valence-corrected chi connectivity index (χ3v) is 3.20. The van der Waals surface area contributed by atoms with Crippen LogP contribution in [0.5, 0.6) is 0 Å². The van der Waals surface area contributed by atoms with Crippen molar-refractivity contribution < 1.29 is 14.4 Å². The van der Waals surface area contributed by atoms with Crippen LogP contribution in [0.4, 0.5) is 10.5 Å². The number of imide groups is 2. The Hall–Kier alpha value is -1.40. The van der Waals surface area contributed by atoms with E-state index < -0.39 is 17.8 Å². The number of halogens is 2. The number of carbonyl (C=O) groups is 3. The number of urea groups is 1. The second kappa shape index (κ2) is 3.88. The Labute approximate surface area is 103 Å². The van der Waals surface area contributed by atoms with E-state index >= 15 is 0 Å². The quantitative estimate of drug-likeness (QED) is 0.634. The van der Waals surface area contributed by atoms with Crippen molar-refractivity contribution in [2.24, 2.45) is 0 Å². The van der Waals surface area contributed by atoms with Gasteiger partial charge in [-0.05, 0) is 34.1 Å². The Morgan fingerprint density at radius 2 is 1.94 bits per heavy atom. The Morgan fingerprint density at radius 1 is 1.25 bits per heavy atom. The molecule has 0 radical (unpaired) electrons. The maximum absolute atomic E-state index is 11.4. The molecule has 1 saturated heterocycles. The first kappa shape index (κ1) is 11.1. The van der Waals surface area contributed by atoms with Crippen molar-refractivity contribution in [3.63, 3.8) is 0 Å². The number of nitrogens with one attached hydrogen (secondary N) is 1. The summed E-state index contributed by atoms with van der Waals surface area (Å²) in [6, 6.07) is 3.72. The van der Waals surface area contributed by atoms with Gasteiger partial charge in [0.2, 0.25) is 0 Å². The molecule has 1 aromatic carbocycles. The smallest absolute Gasteiger partial charge is 0.269 e. The molecule has 82 valence electrons. The zero-order valence-corrected chi connectivity index (χ0v) is 10.0. The van der Waals surface area contributed by atoms with Crippen LogP contribution < -0.4 is 10.2 Å². The number of hydrogen-bond acceptors (Lipinski definition) is 3. The highest BCUT2D eigenvalue weighted by Crippen LogP contribution is 2.28. The number of carbonyl (C=O) groups excluding carboxylic acids is 3. The van der Waals surface area contributed by atoms with Gasteiger partial charge in [-0.1, -0.05) is 11.6 Å². The van der Waals surface area contributed by atoms with Crippen molar-refractivity contribution in [2.45, 2.75) is 0 Å². The summed E-state index contributed by atoms with van der Waals surface area (Å²) in [5.74, 6) is -1.84. The summed E-state index contributed by atoms with van der Waals surface area (Å²) in [5, 5.41) is 2.35. The summed E-state index contributed by atoms with van der Waals surface area (Å²) in [6.07, 6.45) is 0. The van der Waals surface area contributed by atoms with Gasteiger partial charge in [0.05, 0.1) is 10.7 Å². The molecule has 1 fully saturated rings. The molecule has 0 saturated carbocycles. The number of rotatable bonds is 1. The minimum Gasteiger partial charge on any atom is -0.269 e. The molecule has 7 heteroatoms. The molecule has 2 rings (SSSR count). The van der Waals surface area contributed by atoms with E-state index in [4.69, 9.17) is 11.6 Å². The monoisotopic (exact) mass is 302 g/mol. The summed E-state index contributed by atoms with van der Waals surface area (Å²) >= 11 is 8.93. The molecule has 0 aliphatic carbocycles. The Bertz CT molecular complexity index is 517. The maximum atomic E-state index is 11.4. The van der Waals surface area contributed by atoms with Crippen LogP contribution in [0.15, 0.2) is 22.7 Å². The van der Waals surface area contributed by atoms with Crippen LogP contribution in [0, 0.1) is 0 Å². The van der Waals surface area contributed by atoms with Crippen molar-refractivity contribution in [1.29, 1.82) is 0 Å². The van der Waals surface area contributed by atoms with E-state index in [9.17, 15) is 14.4 Å². The summed E-state index contributed by atoms with van der Waals surface area (Å²) in [5.41, 5.74) is 0.282. The first-order valence-corrected chi connectivity index (χ1v) is 5.32. The summed E-state index contributed by atoms with van der Waals surface area (Å²) < 4.78 is 0.534. The molecule has 4 amide bonds. The van der Waals surface area contributed by atoms with Gasteiger partial charge >= 0.3 is 17.8 Å². The van der Waals surface area contributed by atoms with Crippen molar-refractivity contribution in [3.8, 4) is 0 Å². The molecule has 1 aliphatic heterocycles. The van der Waals surface area contributed by atoms with E-state index in [1.807, 2.05) is 5.32 Å². The van der Waals surface area contributed by atoms with Gasteiger partial charge in [-0.2, -0.15) is 0 Å². The Morgan fingerprint density at radius 3 is 2.44 bits per heavy atom. The lowest BCUT2D eigenvalue weighted by atomic mass is 10.3. The summed E-state index contributed by atoms with van der Waals surface area (Å²) in [7, 11) is 0. The van der Waals surface area contributed by atoms with Crippen LogP contribution in [0.3, 0.4) is 0 Å². The molecule has 1 aromatic rings. The molecule has 5 nitrogen and oxygen atoms in total. The number of anilines is 1. The van der Waals surface area contributed by atoms with Crippen LogP contribution in [0.2, 0.25) is 5.02 Å². The topological polar surface area (TPSA) is 66.5 Å². The molecule has 0 bridgehead atoms. The van der Waals surface area contributed by atoms with E-state index in [0.29, 0.717) is 9.50 Å². The fourth-order valence-corrected chi connectivity index (χ4v) is 1.74. The van der Waals surface area contributed by atoms with Gasteiger partial charge in [0.1, 0.15) is 0 Å². The normalized spacial score (nSPS) is 15.6. The molecule has 0 spiro atoms. The molecule has 0 aromatic heterocycles. The highest BCUT2D eigenvalue weighted by Gasteiger charge is 2.38. The lowest BCUT2D eigenvalue weighted by Crippen LogP contribution is -2.30. The first-order chi connectivity index (χ1) is 7.50. The van der Waals surface area contributed by atoms with Gasteiger partial charge in [0.15, 0.2) is 0 Å². The standard InChI is InChI=1S/C9H4BrClN2O3/c10-5-3-4(1-2-6(5)11)13-8(15)7(14)12-9(13)16/h1-3H,(H,12,14,16). The number of hydrogen-bond donors (Lipinski definition) is 1. The average molecular weight is 303 g/mol. The molecule has 0 unspecified atom stereocenters. The largest absolute Gasteiger partial charge is 0.336 e. The van der Waals surface area contributed by atoms with Gasteiger partial charge in [0, 0.05) is 4.47 Å². The molecule has 1 aliphatic rings. The lowest BCUT2D eigenvalue weighted by molar-refractivity contribution is -0.134. The number of benzene rings is 1. The second-order valence-corrected chi connectivity index (χ2v) is 4.26. The van der Waals surface area contributed by atoms with Gasteiger partial charge in [0.25, 0.3) is 0 Å². The molecule has 1 N–H and O–H groups in total. The zero-order chi connectivity index (χ0) is 11.9. The van der Waals surface area contributed by atoms with E-state index in [-0.39, 0.29) is 5.69 Å². The van der Waals surface area contributed by atoms with Crippen molar-refractivity contribution in [3.05, 3.63) is 27.7 Å². The van der Waals surface area contributed by atoms with Crippen molar-refractivity contribution in [1.82, 2.24) is 5.32 Å². The summed E-state index contributed by atoms with van der Waals surface area (Å²) in [6.45, 7) is 0. The predicted octanol–water partition coefficient (Wildman–Crippen LogP) is 1.69. The highest BCUT2D eigenvalue weighted by atomic mass is 79.9. The zero-order valence-electron chi connectivity index (χ0n) is 7.66. The van der Waals surface area contributed by atoms with Gasteiger partial charge in [-0.25, -0.2) is 9.69 Å². The minimum absolute atomic E-state index is 0.282. The van der Waals surface area contributed by atoms with Crippen molar-refractivity contribution in [2.75, 3.05) is 4.90 Å². The Kier molecular flexibility index (Phi) is 2.69. The third-order valence-electron chi connectivity index (χ3n) is 1.98. The first-order valence-electron chi connectivity index (χ1n) is 4.15. The van der Waals surface area contributed by atoms with E-state index in [0.717, 1.165) is 4.90 Å².